The number of hydrogen-bond donors (Lipinski definition) is 0. The lowest BCUT2D eigenvalue weighted by atomic mass is 9.65. The molecule has 3 heteroatoms. The largest absolute Gasteiger partial charge is 0.309 e. The van der Waals surface area contributed by atoms with Crippen LogP contribution < -0.4 is 0 Å². The summed E-state index contributed by atoms with van der Waals surface area (Å²) < 4.78 is 2.50. The highest BCUT2D eigenvalue weighted by Crippen LogP contribution is 2.61. The monoisotopic (exact) mass is 583 g/mol. The first-order valence-electron chi connectivity index (χ1n) is 15.8. The maximum absolute atomic E-state index is 5.34. The van der Waals surface area contributed by atoms with Crippen LogP contribution in [0.15, 0.2) is 152 Å². The Morgan fingerprint density at radius 2 is 1.17 bits per heavy atom. The molecule has 9 aromatic rings. The van der Waals surface area contributed by atoms with Gasteiger partial charge in [-0.3, -0.25) is 4.98 Å². The van der Waals surface area contributed by atoms with Crippen molar-refractivity contribution in [3.63, 3.8) is 0 Å². The minimum Gasteiger partial charge on any atom is -0.309 e. The second kappa shape index (κ2) is 8.56. The van der Waals surface area contributed by atoms with E-state index in [9.17, 15) is 0 Å². The maximum atomic E-state index is 5.34. The van der Waals surface area contributed by atoms with Crippen LogP contribution in [0.2, 0.25) is 0 Å². The minimum absolute atomic E-state index is 0.479. The van der Waals surface area contributed by atoms with Gasteiger partial charge in [0.05, 0.1) is 38.9 Å². The van der Waals surface area contributed by atoms with Gasteiger partial charge in [-0.1, -0.05) is 109 Å². The molecular formula is C43H25N3. The lowest BCUT2D eigenvalue weighted by molar-refractivity contribution is 0.749. The van der Waals surface area contributed by atoms with Gasteiger partial charge in [-0.2, -0.15) is 0 Å². The molecule has 6 aromatic carbocycles. The zero-order valence-corrected chi connectivity index (χ0v) is 24.8. The summed E-state index contributed by atoms with van der Waals surface area (Å²) in [6.45, 7) is 0. The molecule has 0 saturated heterocycles. The van der Waals surface area contributed by atoms with Crippen LogP contribution in [-0.4, -0.2) is 14.5 Å². The number of para-hydroxylation sites is 2. The van der Waals surface area contributed by atoms with E-state index < -0.39 is 5.41 Å². The minimum atomic E-state index is -0.479. The quantitative estimate of drug-likeness (QED) is 0.180. The lowest BCUT2D eigenvalue weighted by Crippen LogP contribution is -2.33. The molecular weight excluding hydrogens is 558 g/mol. The molecule has 11 rings (SSSR count). The molecule has 212 valence electrons. The molecule has 0 bridgehead atoms. The Kier molecular flexibility index (Phi) is 4.52. The molecule has 1 aliphatic carbocycles. The third kappa shape index (κ3) is 2.84. The fourth-order valence-corrected chi connectivity index (χ4v) is 8.61. The first-order chi connectivity index (χ1) is 22.8. The molecule has 3 nitrogen and oxygen atoms in total. The molecule has 0 fully saturated rings. The van der Waals surface area contributed by atoms with Crippen molar-refractivity contribution in [2.45, 2.75) is 5.41 Å². The molecule has 46 heavy (non-hydrogen) atoms. The van der Waals surface area contributed by atoms with Crippen molar-refractivity contribution in [3.8, 4) is 28.1 Å². The van der Waals surface area contributed by atoms with Gasteiger partial charge in [-0.25, -0.2) is 4.98 Å². The summed E-state index contributed by atoms with van der Waals surface area (Å²) in [4.78, 5) is 10.1. The predicted octanol–water partition coefficient (Wildman–Crippen LogP) is 10.2. The van der Waals surface area contributed by atoms with Gasteiger partial charge in [0.2, 0.25) is 0 Å². The van der Waals surface area contributed by atoms with E-state index in [1.54, 1.807) is 0 Å². The normalized spacial score (nSPS) is 13.8. The third-order valence-corrected chi connectivity index (χ3v) is 10.4. The summed E-state index contributed by atoms with van der Waals surface area (Å²) in [6.07, 6.45) is 1.86. The standard InChI is InChI=1S/C43H25N3/c1-4-14-33-29(11-1)30-12-2-5-15-34(30)43(33)35-16-6-8-18-39(35)46-38-17-7-3-13-31(38)32-24-28(25-36(43)42(32)46)37-22-21-27-20-19-26-10-9-23-44-40(26)41(27)45-37/h1-25H. The molecule has 0 atom stereocenters. The average Bonchev–Trinajstić information content (AvgIpc) is 3.62. The molecule has 0 radical (unpaired) electrons. The van der Waals surface area contributed by atoms with Gasteiger partial charge < -0.3 is 4.57 Å². The second-order valence-electron chi connectivity index (χ2n) is 12.5. The lowest BCUT2D eigenvalue weighted by Gasteiger charge is -2.39. The van der Waals surface area contributed by atoms with E-state index in [1.165, 1.54) is 60.9 Å². The van der Waals surface area contributed by atoms with E-state index in [4.69, 9.17) is 9.97 Å². The van der Waals surface area contributed by atoms with Crippen LogP contribution in [0.25, 0.3) is 71.7 Å². The Labute approximate surface area is 265 Å². The van der Waals surface area contributed by atoms with Gasteiger partial charge in [0.1, 0.15) is 0 Å². The number of nitrogens with zero attached hydrogens (tertiary/aromatic N) is 3. The van der Waals surface area contributed by atoms with Crippen molar-refractivity contribution in [3.05, 3.63) is 174 Å². The van der Waals surface area contributed by atoms with Gasteiger partial charge in [0.15, 0.2) is 0 Å². The highest BCUT2D eigenvalue weighted by Gasteiger charge is 2.50. The molecule has 1 aliphatic heterocycles. The first-order valence-corrected chi connectivity index (χ1v) is 15.8. The van der Waals surface area contributed by atoms with E-state index in [-0.39, 0.29) is 0 Å². The molecule has 1 spiro atoms. The Balaban J connectivity index is 1.34. The number of hydrogen-bond acceptors (Lipinski definition) is 2. The fraction of sp³-hybridized carbons (Fsp3) is 0.0233. The summed E-state index contributed by atoms with van der Waals surface area (Å²) in [5, 5.41) is 4.69. The highest BCUT2D eigenvalue weighted by atomic mass is 15.0. The SMILES string of the molecule is c1ccc2c(c1)-c1ccccc1C21c2ccccc2-n2c3ccccc3c3cc(-c4ccc5ccc6cccnc6c5n4)cc1c32. The second-order valence-corrected chi connectivity index (χ2v) is 12.5. The van der Waals surface area contributed by atoms with Gasteiger partial charge in [0, 0.05) is 33.3 Å². The number of rotatable bonds is 1. The number of benzene rings is 6. The van der Waals surface area contributed by atoms with Gasteiger partial charge in [0.25, 0.3) is 0 Å². The Morgan fingerprint density at radius 3 is 2.00 bits per heavy atom. The topological polar surface area (TPSA) is 30.7 Å². The first kappa shape index (κ1) is 24.3. The Hall–Kier alpha value is -6.06. The van der Waals surface area contributed by atoms with Crippen molar-refractivity contribution in [2.24, 2.45) is 0 Å². The van der Waals surface area contributed by atoms with Crippen LogP contribution in [0, 0.1) is 0 Å². The predicted molar refractivity (Wildman–Crippen MR) is 188 cm³/mol. The smallest absolute Gasteiger partial charge is 0.0972 e. The molecule has 3 aromatic heterocycles. The van der Waals surface area contributed by atoms with Crippen LogP contribution in [-0.2, 0) is 5.41 Å². The number of aromatic nitrogens is 3. The average molecular weight is 584 g/mol. The van der Waals surface area contributed by atoms with Crippen LogP contribution in [0.1, 0.15) is 22.3 Å². The van der Waals surface area contributed by atoms with Crippen LogP contribution >= 0.6 is 0 Å². The fourth-order valence-electron chi connectivity index (χ4n) is 8.61. The Morgan fingerprint density at radius 1 is 0.500 bits per heavy atom. The van der Waals surface area contributed by atoms with Crippen LogP contribution in [0.4, 0.5) is 0 Å². The van der Waals surface area contributed by atoms with Crippen LogP contribution in [0.5, 0.6) is 0 Å². The Bertz CT molecular complexity index is 2720. The molecule has 0 amide bonds. The van der Waals surface area contributed by atoms with Crippen molar-refractivity contribution in [1.29, 1.82) is 0 Å². The summed E-state index contributed by atoms with van der Waals surface area (Å²) in [6, 6.07) is 53.4. The van der Waals surface area contributed by atoms with Gasteiger partial charge in [-0.15, -0.1) is 0 Å². The molecule has 0 unspecified atom stereocenters. The highest BCUT2D eigenvalue weighted by molar-refractivity contribution is 6.14. The van der Waals surface area contributed by atoms with Crippen molar-refractivity contribution < 1.29 is 0 Å². The molecule has 2 aliphatic rings. The zero-order chi connectivity index (χ0) is 30.0. The van der Waals surface area contributed by atoms with Gasteiger partial charge in [-0.05, 0) is 69.8 Å². The molecule has 4 heterocycles. The maximum Gasteiger partial charge on any atom is 0.0972 e. The summed E-state index contributed by atoms with van der Waals surface area (Å²) in [5.74, 6) is 0. The van der Waals surface area contributed by atoms with Crippen molar-refractivity contribution in [2.75, 3.05) is 0 Å². The number of pyridine rings is 2. The third-order valence-electron chi connectivity index (χ3n) is 10.4. The zero-order valence-electron chi connectivity index (χ0n) is 24.8. The van der Waals surface area contributed by atoms with Gasteiger partial charge >= 0.3 is 0 Å². The molecule has 0 N–H and O–H groups in total. The van der Waals surface area contributed by atoms with E-state index in [0.29, 0.717) is 0 Å². The molecule has 0 saturated carbocycles. The van der Waals surface area contributed by atoms with Crippen LogP contribution in [0.3, 0.4) is 0 Å². The van der Waals surface area contributed by atoms with E-state index in [2.05, 4.69) is 144 Å². The van der Waals surface area contributed by atoms with Crippen molar-refractivity contribution >= 4 is 43.6 Å². The number of fused-ring (bicyclic) bond motifs is 15. The van der Waals surface area contributed by atoms with Crippen molar-refractivity contribution in [1.82, 2.24) is 14.5 Å². The summed E-state index contributed by atoms with van der Waals surface area (Å²) in [7, 11) is 0. The summed E-state index contributed by atoms with van der Waals surface area (Å²) in [5.41, 5.74) is 15.1. The van der Waals surface area contributed by atoms with E-state index >= 15 is 0 Å². The van der Waals surface area contributed by atoms with E-state index in [0.717, 1.165) is 33.1 Å². The van der Waals surface area contributed by atoms with E-state index in [1.807, 2.05) is 12.3 Å². The summed E-state index contributed by atoms with van der Waals surface area (Å²) >= 11 is 0.